The highest BCUT2D eigenvalue weighted by Crippen LogP contribution is 2.36. The number of para-hydroxylation sites is 1. The molecule has 0 bridgehead atoms. The molecule has 0 aliphatic carbocycles. The molecule has 5 nitrogen and oxygen atoms in total. The lowest BCUT2D eigenvalue weighted by molar-refractivity contribution is -0.149. The summed E-state index contributed by atoms with van der Waals surface area (Å²) in [4.78, 5) is 30.9. The van der Waals surface area contributed by atoms with Crippen LogP contribution in [0.5, 0.6) is 0 Å². The lowest BCUT2D eigenvalue weighted by atomic mass is 9.96. The van der Waals surface area contributed by atoms with E-state index in [2.05, 4.69) is 27.6 Å². The number of esters is 1. The topological polar surface area (TPSA) is 62.4 Å². The second-order valence-electron chi connectivity index (χ2n) is 6.47. The van der Waals surface area contributed by atoms with E-state index in [0.29, 0.717) is 18.5 Å². The van der Waals surface area contributed by atoms with Gasteiger partial charge in [-0.1, -0.05) is 18.2 Å². The third-order valence-corrected chi connectivity index (χ3v) is 5.62. The third kappa shape index (κ3) is 3.22. The van der Waals surface area contributed by atoms with Gasteiger partial charge in [-0.3, -0.25) is 4.79 Å². The maximum atomic E-state index is 13.2. The van der Waals surface area contributed by atoms with E-state index in [1.807, 2.05) is 36.4 Å². The normalized spacial score (nSPS) is 16.2. The van der Waals surface area contributed by atoms with Crippen LogP contribution in [-0.4, -0.2) is 34.9 Å². The van der Waals surface area contributed by atoms with Crippen LogP contribution in [0.4, 0.5) is 0 Å². The van der Waals surface area contributed by atoms with Crippen LogP contribution in [-0.2, 0) is 16.0 Å². The fourth-order valence-electron chi connectivity index (χ4n) is 3.68. The highest BCUT2D eigenvalue weighted by Gasteiger charge is 2.39. The Kier molecular flexibility index (Phi) is 4.90. The Morgan fingerprint density at radius 3 is 2.67 bits per heavy atom. The number of hydrogen-bond donors (Lipinski definition) is 1. The monoisotopic (exact) mass is 474 g/mol. The second-order valence-corrected chi connectivity index (χ2v) is 7.72. The molecule has 1 aromatic heterocycles. The summed E-state index contributed by atoms with van der Waals surface area (Å²) < 4.78 is 6.37. The number of H-pyrrole nitrogens is 1. The molecule has 27 heavy (non-hydrogen) atoms. The number of rotatable bonds is 3. The summed E-state index contributed by atoms with van der Waals surface area (Å²) in [6.07, 6.45) is 0.700. The van der Waals surface area contributed by atoms with Crippen molar-refractivity contribution in [3.05, 3.63) is 68.9 Å². The molecule has 3 aromatic rings. The van der Waals surface area contributed by atoms with E-state index in [0.717, 1.165) is 25.7 Å². The van der Waals surface area contributed by atoms with Crippen molar-refractivity contribution in [1.29, 1.82) is 0 Å². The molecule has 4 rings (SSSR count). The van der Waals surface area contributed by atoms with Gasteiger partial charge < -0.3 is 14.6 Å². The zero-order valence-corrected chi connectivity index (χ0v) is 17.0. The SMILES string of the molecule is CCOC(=O)C1c2[nH]c3ccccc3c2CCN1C(=O)c1ccc(I)cc1. The van der Waals surface area contributed by atoms with Crippen LogP contribution in [0, 0.1) is 3.57 Å². The number of nitrogens with one attached hydrogen (secondary N) is 1. The molecular weight excluding hydrogens is 455 g/mol. The second kappa shape index (κ2) is 7.34. The molecule has 1 unspecified atom stereocenters. The Morgan fingerprint density at radius 2 is 1.93 bits per heavy atom. The highest BCUT2D eigenvalue weighted by molar-refractivity contribution is 14.1. The predicted octanol–water partition coefficient (Wildman–Crippen LogP) is 4.08. The molecule has 1 aliphatic rings. The van der Waals surface area contributed by atoms with Gasteiger partial charge in [0.15, 0.2) is 6.04 Å². The van der Waals surface area contributed by atoms with Crippen LogP contribution in [0.3, 0.4) is 0 Å². The number of fused-ring (bicyclic) bond motifs is 3. The summed E-state index contributed by atoms with van der Waals surface area (Å²) in [6, 6.07) is 14.6. The molecule has 1 atom stereocenters. The number of carbonyl (C=O) groups is 2. The Balaban J connectivity index is 1.78. The summed E-state index contributed by atoms with van der Waals surface area (Å²) in [5, 5.41) is 1.10. The van der Waals surface area contributed by atoms with Crippen molar-refractivity contribution in [2.24, 2.45) is 0 Å². The molecule has 0 spiro atoms. The van der Waals surface area contributed by atoms with Gasteiger partial charge in [-0.05, 0) is 71.8 Å². The van der Waals surface area contributed by atoms with Gasteiger partial charge in [-0.25, -0.2) is 4.79 Å². The van der Waals surface area contributed by atoms with Crippen molar-refractivity contribution in [2.45, 2.75) is 19.4 Å². The van der Waals surface area contributed by atoms with Crippen molar-refractivity contribution in [2.75, 3.05) is 13.2 Å². The molecule has 0 saturated heterocycles. The molecule has 1 amide bonds. The van der Waals surface area contributed by atoms with E-state index in [1.54, 1.807) is 24.0 Å². The molecular formula is C21H19IN2O3. The van der Waals surface area contributed by atoms with Crippen molar-refractivity contribution >= 4 is 45.4 Å². The smallest absolute Gasteiger partial charge is 0.335 e. The summed E-state index contributed by atoms with van der Waals surface area (Å²) in [5.74, 6) is -0.558. The third-order valence-electron chi connectivity index (χ3n) is 4.90. The molecule has 6 heteroatoms. The minimum Gasteiger partial charge on any atom is -0.464 e. The Hall–Kier alpha value is -2.35. The van der Waals surface area contributed by atoms with E-state index < -0.39 is 12.0 Å². The average molecular weight is 474 g/mol. The van der Waals surface area contributed by atoms with Crippen molar-refractivity contribution in [1.82, 2.24) is 9.88 Å². The van der Waals surface area contributed by atoms with Gasteiger partial charge in [0.1, 0.15) is 0 Å². The number of benzene rings is 2. The van der Waals surface area contributed by atoms with Gasteiger partial charge in [0.05, 0.1) is 12.3 Å². The number of carbonyl (C=O) groups excluding carboxylic acids is 2. The van der Waals surface area contributed by atoms with Crippen LogP contribution < -0.4 is 0 Å². The molecule has 0 saturated carbocycles. The molecule has 0 radical (unpaired) electrons. The van der Waals surface area contributed by atoms with E-state index in [4.69, 9.17) is 4.74 Å². The lowest BCUT2D eigenvalue weighted by Gasteiger charge is -2.34. The number of ether oxygens (including phenoxy) is 1. The minimum atomic E-state index is -0.757. The molecule has 138 valence electrons. The molecule has 2 aromatic carbocycles. The van der Waals surface area contributed by atoms with Crippen LogP contribution in [0.2, 0.25) is 0 Å². The van der Waals surface area contributed by atoms with Crippen LogP contribution >= 0.6 is 22.6 Å². The molecule has 1 aliphatic heterocycles. The largest absolute Gasteiger partial charge is 0.464 e. The number of nitrogens with zero attached hydrogens (tertiary/aromatic N) is 1. The first-order valence-electron chi connectivity index (χ1n) is 8.92. The Morgan fingerprint density at radius 1 is 1.19 bits per heavy atom. The van der Waals surface area contributed by atoms with E-state index in [9.17, 15) is 9.59 Å². The summed E-state index contributed by atoms with van der Waals surface area (Å²) in [6.45, 7) is 2.53. The van der Waals surface area contributed by atoms with Crippen molar-refractivity contribution in [3.8, 4) is 0 Å². The van der Waals surface area contributed by atoms with E-state index in [-0.39, 0.29) is 12.5 Å². The fourth-order valence-corrected chi connectivity index (χ4v) is 4.04. The first-order chi connectivity index (χ1) is 13.1. The number of halogens is 1. The minimum absolute atomic E-state index is 0.159. The van der Waals surface area contributed by atoms with Gasteiger partial charge in [-0.2, -0.15) is 0 Å². The standard InChI is InChI=1S/C21H19IN2O3/c1-2-27-21(26)19-18-16(15-5-3-4-6-17(15)23-18)11-12-24(19)20(25)13-7-9-14(22)10-8-13/h3-10,19,23H,2,11-12H2,1H3. The summed E-state index contributed by atoms with van der Waals surface area (Å²) in [7, 11) is 0. The number of aromatic nitrogens is 1. The number of amides is 1. The summed E-state index contributed by atoms with van der Waals surface area (Å²) in [5.41, 5.74) is 3.40. The van der Waals surface area contributed by atoms with Crippen LogP contribution in [0.25, 0.3) is 10.9 Å². The molecule has 2 heterocycles. The van der Waals surface area contributed by atoms with E-state index in [1.165, 1.54) is 0 Å². The van der Waals surface area contributed by atoms with Gasteiger partial charge >= 0.3 is 5.97 Å². The van der Waals surface area contributed by atoms with Gasteiger partial charge in [0.2, 0.25) is 0 Å². The zero-order chi connectivity index (χ0) is 19.0. The van der Waals surface area contributed by atoms with Crippen LogP contribution in [0.15, 0.2) is 48.5 Å². The van der Waals surface area contributed by atoms with Crippen molar-refractivity contribution in [3.63, 3.8) is 0 Å². The van der Waals surface area contributed by atoms with Crippen LogP contribution in [0.1, 0.15) is 34.6 Å². The summed E-state index contributed by atoms with van der Waals surface area (Å²) >= 11 is 2.20. The highest BCUT2D eigenvalue weighted by atomic mass is 127. The van der Waals surface area contributed by atoms with Gasteiger partial charge in [-0.15, -0.1) is 0 Å². The Bertz CT molecular complexity index is 1010. The van der Waals surface area contributed by atoms with Gasteiger partial charge in [0, 0.05) is 26.6 Å². The number of aromatic amines is 1. The first kappa shape index (κ1) is 18.0. The Labute approximate surface area is 170 Å². The maximum absolute atomic E-state index is 13.2. The van der Waals surface area contributed by atoms with Crippen molar-refractivity contribution < 1.29 is 14.3 Å². The number of hydrogen-bond acceptors (Lipinski definition) is 3. The lowest BCUT2D eigenvalue weighted by Crippen LogP contribution is -2.44. The predicted molar refractivity (Wildman–Crippen MR) is 112 cm³/mol. The average Bonchev–Trinajstić information content (AvgIpc) is 3.06. The zero-order valence-electron chi connectivity index (χ0n) is 14.9. The fraction of sp³-hybridized carbons (Fsp3) is 0.238. The molecule has 1 N–H and O–H groups in total. The van der Waals surface area contributed by atoms with Gasteiger partial charge in [0.25, 0.3) is 5.91 Å². The van der Waals surface area contributed by atoms with E-state index >= 15 is 0 Å². The quantitative estimate of drug-likeness (QED) is 0.460. The molecule has 0 fully saturated rings. The maximum Gasteiger partial charge on any atom is 0.335 e. The first-order valence-corrected chi connectivity index (χ1v) is 10.0.